The number of aromatic nitrogens is 4. The van der Waals surface area contributed by atoms with E-state index in [1.54, 1.807) is 13.8 Å². The molecule has 2 aromatic heterocycles. The number of carboxylic acids is 1. The van der Waals surface area contributed by atoms with Crippen molar-refractivity contribution in [3.63, 3.8) is 0 Å². The van der Waals surface area contributed by atoms with Crippen molar-refractivity contribution < 1.29 is 27.9 Å². The lowest BCUT2D eigenvalue weighted by Crippen LogP contribution is -2.50. The molecule has 5 aromatic rings. The van der Waals surface area contributed by atoms with Crippen LogP contribution in [0.2, 0.25) is 0 Å². The van der Waals surface area contributed by atoms with Gasteiger partial charge in [0.25, 0.3) is 0 Å². The van der Waals surface area contributed by atoms with E-state index in [1.165, 1.54) is 0 Å². The average Bonchev–Trinajstić information content (AvgIpc) is 3.57. The number of hydrogen-bond acceptors (Lipinski definition) is 5. The van der Waals surface area contributed by atoms with E-state index in [4.69, 9.17) is 15.6 Å². The lowest BCUT2D eigenvalue weighted by Gasteiger charge is -2.25. The van der Waals surface area contributed by atoms with Crippen LogP contribution in [0.25, 0.3) is 10.9 Å². The van der Waals surface area contributed by atoms with Crippen LogP contribution in [0.4, 0.5) is 13.2 Å². The van der Waals surface area contributed by atoms with Gasteiger partial charge in [0.2, 0.25) is 5.91 Å². The molecular formula is C32H33F3N6O3. The van der Waals surface area contributed by atoms with Crippen molar-refractivity contribution in [2.24, 2.45) is 5.73 Å². The molecule has 12 heteroatoms. The number of fused-ring (bicyclic) bond motifs is 1. The van der Waals surface area contributed by atoms with E-state index in [1.807, 2.05) is 60.8 Å². The van der Waals surface area contributed by atoms with Crippen LogP contribution in [0, 0.1) is 0 Å². The number of carbonyl (C=O) groups excluding carboxylic acids is 1. The molecule has 0 aliphatic heterocycles. The molecular weight excluding hydrogens is 573 g/mol. The number of rotatable bonds is 9. The van der Waals surface area contributed by atoms with Gasteiger partial charge in [-0.25, -0.2) is 4.79 Å². The monoisotopic (exact) mass is 606 g/mol. The number of benzene rings is 3. The predicted molar refractivity (Wildman–Crippen MR) is 160 cm³/mol. The molecule has 1 atom stereocenters. The number of aromatic amines is 1. The first-order valence-corrected chi connectivity index (χ1v) is 13.8. The smallest absolute Gasteiger partial charge is 0.475 e. The summed E-state index contributed by atoms with van der Waals surface area (Å²) in [7, 11) is 0. The minimum atomic E-state index is -5.08. The molecule has 0 spiro atoms. The lowest BCUT2D eigenvalue weighted by atomic mass is 10.0. The number of alkyl halides is 3. The third-order valence-corrected chi connectivity index (χ3v) is 6.79. The first-order valence-electron chi connectivity index (χ1n) is 13.8. The predicted octanol–water partition coefficient (Wildman–Crippen LogP) is 5.17. The van der Waals surface area contributed by atoms with E-state index in [2.05, 4.69) is 55.4 Å². The molecule has 0 unspecified atom stereocenters. The van der Waals surface area contributed by atoms with Gasteiger partial charge < -0.3 is 25.7 Å². The second-order valence-corrected chi connectivity index (χ2v) is 10.8. The molecule has 0 radical (unpaired) electrons. The van der Waals surface area contributed by atoms with Crippen LogP contribution in [-0.2, 0) is 29.0 Å². The lowest BCUT2D eigenvalue weighted by molar-refractivity contribution is -0.192. The molecule has 0 fully saturated rings. The first-order chi connectivity index (χ1) is 20.8. The van der Waals surface area contributed by atoms with Gasteiger partial charge in [-0.2, -0.15) is 13.2 Å². The first kappa shape index (κ1) is 32.0. The van der Waals surface area contributed by atoms with Crippen LogP contribution in [0.3, 0.4) is 0 Å². The Morgan fingerprint density at radius 1 is 0.932 bits per heavy atom. The molecule has 0 bridgehead atoms. The Hall–Kier alpha value is -4.97. The molecule has 3 aromatic carbocycles. The van der Waals surface area contributed by atoms with Crippen molar-refractivity contribution in [2.75, 3.05) is 0 Å². The van der Waals surface area contributed by atoms with Gasteiger partial charge in [0.15, 0.2) is 5.82 Å². The van der Waals surface area contributed by atoms with Gasteiger partial charge in [-0.05, 0) is 36.6 Å². The van der Waals surface area contributed by atoms with Crippen LogP contribution in [0.1, 0.15) is 48.2 Å². The maximum atomic E-state index is 13.1. The summed E-state index contributed by atoms with van der Waals surface area (Å²) in [5, 5.41) is 20.7. The fourth-order valence-electron chi connectivity index (χ4n) is 4.53. The Kier molecular flexibility index (Phi) is 9.84. The molecule has 2 heterocycles. The quantitative estimate of drug-likeness (QED) is 0.183. The van der Waals surface area contributed by atoms with Gasteiger partial charge in [-0.3, -0.25) is 4.79 Å². The highest BCUT2D eigenvalue weighted by Crippen LogP contribution is 2.26. The summed E-state index contributed by atoms with van der Waals surface area (Å²) in [6.45, 7) is 4.01. The third-order valence-electron chi connectivity index (χ3n) is 6.79. The minimum Gasteiger partial charge on any atom is -0.475 e. The van der Waals surface area contributed by atoms with Crippen molar-refractivity contribution >= 4 is 22.8 Å². The molecule has 9 nitrogen and oxygen atoms in total. The van der Waals surface area contributed by atoms with Crippen LogP contribution in [-0.4, -0.2) is 48.4 Å². The molecule has 5 rings (SSSR count). The molecule has 1 amide bonds. The summed E-state index contributed by atoms with van der Waals surface area (Å²) >= 11 is 0. The largest absolute Gasteiger partial charge is 0.490 e. The Balaban J connectivity index is 0.000000566. The van der Waals surface area contributed by atoms with Crippen LogP contribution >= 0.6 is 0 Å². The number of nitrogens with zero attached hydrogens (tertiary/aromatic N) is 3. The van der Waals surface area contributed by atoms with Crippen molar-refractivity contribution in [3.05, 3.63) is 119 Å². The molecule has 0 saturated heterocycles. The van der Waals surface area contributed by atoms with E-state index in [0.717, 1.165) is 33.4 Å². The van der Waals surface area contributed by atoms with Crippen molar-refractivity contribution in [1.29, 1.82) is 0 Å². The number of nitrogens with one attached hydrogen (secondary N) is 2. The Morgan fingerprint density at radius 3 is 2.09 bits per heavy atom. The zero-order valence-corrected chi connectivity index (χ0v) is 24.2. The Morgan fingerprint density at radius 2 is 1.50 bits per heavy atom. The van der Waals surface area contributed by atoms with Crippen molar-refractivity contribution in [2.45, 2.75) is 51.0 Å². The third kappa shape index (κ3) is 8.32. The number of carboxylic acid groups (broad SMARTS) is 1. The van der Waals surface area contributed by atoms with Crippen LogP contribution < -0.4 is 11.1 Å². The molecule has 5 N–H and O–H groups in total. The van der Waals surface area contributed by atoms with Crippen LogP contribution in [0.5, 0.6) is 0 Å². The normalized spacial score (nSPS) is 12.3. The molecule has 0 saturated carbocycles. The van der Waals surface area contributed by atoms with Gasteiger partial charge in [-0.15, -0.1) is 10.2 Å². The highest BCUT2D eigenvalue weighted by molar-refractivity contribution is 5.86. The summed E-state index contributed by atoms with van der Waals surface area (Å²) in [5.74, 6) is -1.45. The summed E-state index contributed by atoms with van der Waals surface area (Å²) in [6.07, 6.45) is -1.90. The fourth-order valence-corrected chi connectivity index (χ4v) is 4.53. The topological polar surface area (TPSA) is 139 Å². The molecule has 44 heavy (non-hydrogen) atoms. The number of hydrogen-bond donors (Lipinski definition) is 4. The Labute approximate surface area is 251 Å². The van der Waals surface area contributed by atoms with Gasteiger partial charge >= 0.3 is 12.1 Å². The summed E-state index contributed by atoms with van der Waals surface area (Å²) < 4.78 is 33.9. The molecule has 0 aliphatic rings. The summed E-state index contributed by atoms with van der Waals surface area (Å²) in [4.78, 5) is 25.3. The molecule has 0 aliphatic carbocycles. The van der Waals surface area contributed by atoms with Crippen molar-refractivity contribution in [1.82, 2.24) is 25.1 Å². The number of para-hydroxylation sites is 1. The number of H-pyrrole nitrogens is 1. The van der Waals surface area contributed by atoms with Gasteiger partial charge in [-0.1, -0.05) is 78.9 Å². The molecule has 230 valence electrons. The standard InChI is InChI=1S/C30H32N6O.C2HF3O2/c1-30(2,31)29(37)33-26(18-23-19-32-25-16-10-9-15-24(23)25)28-35-34-27(17-21-11-5-3-6-12-21)36(28)20-22-13-7-4-8-14-22;3-2(4,5)1(6)7/h3-16,19,26,32H,17-18,20,31H2,1-2H3,(H,33,37);(H,6,7)/t26-;/m1./s1. The highest BCUT2D eigenvalue weighted by Gasteiger charge is 2.38. The van der Waals surface area contributed by atoms with Crippen LogP contribution in [0.15, 0.2) is 91.1 Å². The number of aliphatic carboxylic acids is 1. The number of amides is 1. The number of nitrogens with two attached hydrogens (primary N) is 1. The van der Waals surface area contributed by atoms with E-state index >= 15 is 0 Å². The SMILES string of the molecule is CC(C)(N)C(=O)N[C@H](Cc1c[nH]c2ccccc12)c1nnc(Cc2ccccc2)n1Cc1ccccc1.O=C(O)C(F)(F)F. The zero-order valence-electron chi connectivity index (χ0n) is 24.2. The maximum Gasteiger partial charge on any atom is 0.490 e. The van der Waals surface area contributed by atoms with Crippen molar-refractivity contribution in [3.8, 4) is 0 Å². The van der Waals surface area contributed by atoms with Gasteiger partial charge in [0.05, 0.1) is 18.1 Å². The second kappa shape index (κ2) is 13.6. The van der Waals surface area contributed by atoms with E-state index in [0.29, 0.717) is 25.2 Å². The van der Waals surface area contributed by atoms with E-state index < -0.39 is 23.7 Å². The highest BCUT2D eigenvalue weighted by atomic mass is 19.4. The van der Waals surface area contributed by atoms with Gasteiger partial charge in [0.1, 0.15) is 5.82 Å². The zero-order chi connectivity index (χ0) is 31.9. The number of halogens is 3. The van der Waals surface area contributed by atoms with Gasteiger partial charge in [0, 0.05) is 29.9 Å². The summed E-state index contributed by atoms with van der Waals surface area (Å²) in [6, 6.07) is 28.2. The number of carbonyl (C=O) groups is 2. The Bertz CT molecular complexity index is 1690. The van der Waals surface area contributed by atoms with E-state index in [-0.39, 0.29) is 5.91 Å². The minimum absolute atomic E-state index is 0.240. The maximum absolute atomic E-state index is 13.1. The fraction of sp³-hybridized carbons (Fsp3) is 0.250. The van der Waals surface area contributed by atoms with E-state index in [9.17, 15) is 18.0 Å². The second-order valence-electron chi connectivity index (χ2n) is 10.8. The summed E-state index contributed by atoms with van der Waals surface area (Å²) in [5.41, 5.74) is 9.57. The average molecular weight is 607 g/mol.